The van der Waals surface area contributed by atoms with Gasteiger partial charge in [-0.25, -0.2) is 4.98 Å². The molecule has 0 aromatic carbocycles. The molecule has 2 heterocycles. The summed E-state index contributed by atoms with van der Waals surface area (Å²) in [6.07, 6.45) is 4.53. The van der Waals surface area contributed by atoms with E-state index in [9.17, 15) is 9.90 Å². The van der Waals surface area contributed by atoms with Crippen molar-refractivity contribution in [2.45, 2.75) is 25.3 Å². The molecule has 1 aromatic rings. The lowest BCUT2D eigenvalue weighted by Crippen LogP contribution is -2.43. The molecule has 1 saturated heterocycles. The number of rotatable bonds is 2. The first-order valence-corrected chi connectivity index (χ1v) is 5.45. The van der Waals surface area contributed by atoms with Crippen molar-refractivity contribution in [3.63, 3.8) is 0 Å². The maximum absolute atomic E-state index is 11.8. The number of anilines is 1. The van der Waals surface area contributed by atoms with Crippen LogP contribution < -0.4 is 10.6 Å². The molecular weight excluding hydrogens is 242 g/mol. The molecule has 1 fully saturated rings. The number of aromatic nitrogens is 1. The highest BCUT2D eigenvalue weighted by atomic mass is 35.5. The first-order valence-electron chi connectivity index (χ1n) is 5.45. The summed E-state index contributed by atoms with van der Waals surface area (Å²) < 4.78 is 0. The van der Waals surface area contributed by atoms with Crippen molar-refractivity contribution in [3.05, 3.63) is 18.3 Å². The van der Waals surface area contributed by atoms with Gasteiger partial charge in [0.1, 0.15) is 0 Å². The van der Waals surface area contributed by atoms with E-state index in [1.807, 2.05) is 0 Å². The highest BCUT2D eigenvalue weighted by molar-refractivity contribution is 5.95. The van der Waals surface area contributed by atoms with Crippen LogP contribution in [0.4, 0.5) is 5.82 Å². The number of carbonyl (C=O) groups is 1. The van der Waals surface area contributed by atoms with E-state index in [0.29, 0.717) is 0 Å². The maximum atomic E-state index is 11.8. The smallest absolute Gasteiger partial charge is 0.242 e. The SMILES string of the molecule is Cl.O=C(Nc1ncccc1O)[C@@H]1CCCCN1. The Morgan fingerprint density at radius 2 is 2.35 bits per heavy atom. The van der Waals surface area contributed by atoms with Crippen molar-refractivity contribution in [1.82, 2.24) is 10.3 Å². The van der Waals surface area contributed by atoms with Crippen LogP contribution in [-0.2, 0) is 4.79 Å². The molecule has 1 amide bonds. The summed E-state index contributed by atoms with van der Waals surface area (Å²) >= 11 is 0. The van der Waals surface area contributed by atoms with Gasteiger partial charge in [0.15, 0.2) is 11.6 Å². The van der Waals surface area contributed by atoms with E-state index in [0.717, 1.165) is 25.8 Å². The molecule has 6 heteroatoms. The zero-order chi connectivity index (χ0) is 11.4. The van der Waals surface area contributed by atoms with Crippen LogP contribution in [-0.4, -0.2) is 28.6 Å². The van der Waals surface area contributed by atoms with E-state index in [2.05, 4.69) is 15.6 Å². The highest BCUT2D eigenvalue weighted by Gasteiger charge is 2.21. The maximum Gasteiger partial charge on any atom is 0.242 e. The average Bonchev–Trinajstić information content (AvgIpc) is 2.33. The van der Waals surface area contributed by atoms with Gasteiger partial charge in [-0.15, -0.1) is 12.4 Å². The number of piperidine rings is 1. The summed E-state index contributed by atoms with van der Waals surface area (Å²) in [6, 6.07) is 2.94. The molecule has 3 N–H and O–H groups in total. The van der Waals surface area contributed by atoms with Gasteiger partial charge in [-0.2, -0.15) is 0 Å². The fraction of sp³-hybridized carbons (Fsp3) is 0.455. The summed E-state index contributed by atoms with van der Waals surface area (Å²) in [5.74, 6) is 0.0835. The predicted molar refractivity (Wildman–Crippen MR) is 67.4 cm³/mol. The molecular formula is C11H16ClN3O2. The van der Waals surface area contributed by atoms with E-state index in [-0.39, 0.29) is 35.9 Å². The summed E-state index contributed by atoms with van der Waals surface area (Å²) in [7, 11) is 0. The molecule has 2 rings (SSSR count). The number of aromatic hydroxyl groups is 1. The van der Waals surface area contributed by atoms with Crippen LogP contribution in [0.5, 0.6) is 5.75 Å². The molecule has 1 aliphatic rings. The lowest BCUT2D eigenvalue weighted by Gasteiger charge is -2.22. The molecule has 0 bridgehead atoms. The minimum Gasteiger partial charge on any atom is -0.504 e. The molecule has 0 unspecified atom stereocenters. The van der Waals surface area contributed by atoms with Gasteiger partial charge in [-0.3, -0.25) is 4.79 Å². The van der Waals surface area contributed by atoms with Gasteiger partial charge >= 0.3 is 0 Å². The third-order valence-electron chi connectivity index (χ3n) is 2.65. The van der Waals surface area contributed by atoms with Crippen LogP contribution in [0.15, 0.2) is 18.3 Å². The Bertz CT molecular complexity index is 381. The molecule has 94 valence electrons. The highest BCUT2D eigenvalue weighted by Crippen LogP contribution is 2.19. The molecule has 0 saturated carbocycles. The van der Waals surface area contributed by atoms with Crippen molar-refractivity contribution < 1.29 is 9.90 Å². The fourth-order valence-corrected chi connectivity index (χ4v) is 1.77. The Morgan fingerprint density at radius 1 is 1.53 bits per heavy atom. The second-order valence-electron chi connectivity index (χ2n) is 3.86. The Balaban J connectivity index is 0.00000144. The third-order valence-corrected chi connectivity index (χ3v) is 2.65. The van der Waals surface area contributed by atoms with Gasteiger partial charge in [0.25, 0.3) is 0 Å². The topological polar surface area (TPSA) is 74.2 Å². The second-order valence-corrected chi connectivity index (χ2v) is 3.86. The quantitative estimate of drug-likeness (QED) is 0.746. The van der Waals surface area contributed by atoms with Crippen LogP contribution in [0.3, 0.4) is 0 Å². The number of hydrogen-bond donors (Lipinski definition) is 3. The van der Waals surface area contributed by atoms with Crippen molar-refractivity contribution in [1.29, 1.82) is 0 Å². The standard InChI is InChI=1S/C11H15N3O2.ClH/c15-9-5-3-7-13-10(9)14-11(16)8-4-1-2-6-12-8;/h3,5,7-8,12,15H,1-2,4,6H2,(H,13,14,16);1H/t8-;/m0./s1. The van der Waals surface area contributed by atoms with Crippen molar-refractivity contribution >= 4 is 24.1 Å². The average molecular weight is 258 g/mol. The minimum absolute atomic E-state index is 0. The van der Waals surface area contributed by atoms with Gasteiger partial charge < -0.3 is 15.7 Å². The van der Waals surface area contributed by atoms with Crippen LogP contribution in [0.1, 0.15) is 19.3 Å². The van der Waals surface area contributed by atoms with Gasteiger partial charge in [0, 0.05) is 6.20 Å². The van der Waals surface area contributed by atoms with Gasteiger partial charge in [0.05, 0.1) is 6.04 Å². The van der Waals surface area contributed by atoms with Crippen LogP contribution in [0.2, 0.25) is 0 Å². The summed E-state index contributed by atoms with van der Waals surface area (Å²) in [6.45, 7) is 0.867. The number of pyridine rings is 1. The molecule has 0 radical (unpaired) electrons. The van der Waals surface area contributed by atoms with Gasteiger partial charge in [-0.05, 0) is 31.5 Å². The minimum atomic E-state index is -0.171. The number of nitrogens with one attached hydrogen (secondary N) is 2. The van der Waals surface area contributed by atoms with Gasteiger partial charge in [-0.1, -0.05) is 6.42 Å². The van der Waals surface area contributed by atoms with E-state index in [1.54, 1.807) is 6.07 Å². The van der Waals surface area contributed by atoms with Crippen LogP contribution >= 0.6 is 12.4 Å². The normalized spacial score (nSPS) is 19.2. The summed E-state index contributed by atoms with van der Waals surface area (Å²) in [4.78, 5) is 15.7. The molecule has 5 nitrogen and oxygen atoms in total. The first-order chi connectivity index (χ1) is 7.77. The summed E-state index contributed by atoms with van der Waals surface area (Å²) in [5.41, 5.74) is 0. The Labute approximate surface area is 106 Å². The first kappa shape index (κ1) is 13.7. The third kappa shape index (κ3) is 3.57. The van der Waals surface area contributed by atoms with Gasteiger partial charge in [0.2, 0.25) is 5.91 Å². The second kappa shape index (κ2) is 6.42. The molecule has 0 spiro atoms. The molecule has 1 atom stereocenters. The molecule has 17 heavy (non-hydrogen) atoms. The van der Waals surface area contributed by atoms with E-state index in [1.165, 1.54) is 12.3 Å². The number of hydrogen-bond acceptors (Lipinski definition) is 4. The van der Waals surface area contributed by atoms with Crippen LogP contribution in [0, 0.1) is 0 Å². The number of amides is 1. The Morgan fingerprint density at radius 3 is 3.00 bits per heavy atom. The Hall–Kier alpha value is -1.33. The van der Waals surface area contributed by atoms with Crippen molar-refractivity contribution in [2.24, 2.45) is 0 Å². The fourth-order valence-electron chi connectivity index (χ4n) is 1.77. The zero-order valence-electron chi connectivity index (χ0n) is 9.35. The number of nitrogens with zero attached hydrogens (tertiary/aromatic N) is 1. The molecule has 1 aromatic heterocycles. The number of halogens is 1. The van der Waals surface area contributed by atoms with Crippen molar-refractivity contribution in [2.75, 3.05) is 11.9 Å². The lowest BCUT2D eigenvalue weighted by atomic mass is 10.0. The number of carbonyl (C=O) groups excluding carboxylic acids is 1. The van der Waals surface area contributed by atoms with Crippen molar-refractivity contribution in [3.8, 4) is 5.75 Å². The lowest BCUT2D eigenvalue weighted by molar-refractivity contribution is -0.118. The molecule has 1 aliphatic heterocycles. The monoisotopic (exact) mass is 257 g/mol. The largest absolute Gasteiger partial charge is 0.504 e. The van der Waals surface area contributed by atoms with E-state index >= 15 is 0 Å². The Kier molecular flexibility index (Phi) is 5.18. The van der Waals surface area contributed by atoms with Crippen LogP contribution in [0.25, 0.3) is 0 Å². The van der Waals surface area contributed by atoms with E-state index < -0.39 is 0 Å². The summed E-state index contributed by atoms with van der Waals surface area (Å²) in [5, 5.41) is 15.2. The van der Waals surface area contributed by atoms with E-state index in [4.69, 9.17) is 0 Å². The zero-order valence-corrected chi connectivity index (χ0v) is 10.2. The molecule has 0 aliphatic carbocycles. The predicted octanol–water partition coefficient (Wildman–Crippen LogP) is 1.29.